The molecule has 1 heterocycles. The highest BCUT2D eigenvalue weighted by Gasteiger charge is 2.35. The number of thioether (sulfide) groups is 1. The van der Waals surface area contributed by atoms with E-state index in [0.29, 0.717) is 32.9 Å². The Labute approximate surface area is 164 Å². The van der Waals surface area contributed by atoms with Gasteiger partial charge in [-0.25, -0.2) is 0 Å². The van der Waals surface area contributed by atoms with E-state index in [9.17, 15) is 9.59 Å². The van der Waals surface area contributed by atoms with E-state index in [4.69, 9.17) is 28.5 Å². The van der Waals surface area contributed by atoms with Crippen molar-refractivity contribution in [1.29, 1.82) is 5.26 Å². The van der Waals surface area contributed by atoms with Crippen LogP contribution in [0.5, 0.6) is 0 Å². The van der Waals surface area contributed by atoms with E-state index in [-0.39, 0.29) is 17.4 Å². The largest absolute Gasteiger partial charge is 0.324 e. The highest BCUT2D eigenvalue weighted by molar-refractivity contribution is 7.99. The van der Waals surface area contributed by atoms with Crippen LogP contribution in [0.2, 0.25) is 10.0 Å². The van der Waals surface area contributed by atoms with E-state index < -0.39 is 6.04 Å². The second-order valence-electron chi connectivity index (χ2n) is 5.59. The van der Waals surface area contributed by atoms with Gasteiger partial charge >= 0.3 is 0 Å². The molecule has 5 nitrogen and oxygen atoms in total. The van der Waals surface area contributed by atoms with E-state index in [1.165, 1.54) is 22.7 Å². The second-order valence-corrected chi connectivity index (χ2v) is 7.44. The molecule has 2 aromatic carbocycles. The summed E-state index contributed by atoms with van der Waals surface area (Å²) < 4.78 is 0. The van der Waals surface area contributed by atoms with Crippen molar-refractivity contribution in [1.82, 2.24) is 4.90 Å². The van der Waals surface area contributed by atoms with Crippen molar-refractivity contribution in [2.75, 3.05) is 16.9 Å². The van der Waals surface area contributed by atoms with Crippen LogP contribution < -0.4 is 5.32 Å². The first-order valence-electron chi connectivity index (χ1n) is 7.64. The third kappa shape index (κ3) is 3.96. The molecule has 0 aromatic heterocycles. The minimum Gasteiger partial charge on any atom is -0.324 e. The molecule has 2 aromatic rings. The first-order chi connectivity index (χ1) is 12.5. The number of anilines is 1. The number of nitrogens with one attached hydrogen (secondary N) is 1. The van der Waals surface area contributed by atoms with Crippen LogP contribution in [0.3, 0.4) is 0 Å². The van der Waals surface area contributed by atoms with Crippen molar-refractivity contribution >= 4 is 52.5 Å². The molecule has 0 spiro atoms. The van der Waals surface area contributed by atoms with Crippen LogP contribution in [0, 0.1) is 11.3 Å². The molecule has 1 N–H and O–H groups in total. The summed E-state index contributed by atoms with van der Waals surface area (Å²) in [6, 6.07) is 12.6. The van der Waals surface area contributed by atoms with Crippen molar-refractivity contribution in [2.45, 2.75) is 6.04 Å². The van der Waals surface area contributed by atoms with Gasteiger partial charge in [-0.05, 0) is 42.5 Å². The van der Waals surface area contributed by atoms with Gasteiger partial charge in [0.2, 0.25) is 5.91 Å². The van der Waals surface area contributed by atoms with Gasteiger partial charge in [-0.3, -0.25) is 9.59 Å². The monoisotopic (exact) mass is 405 g/mol. The molecule has 1 aliphatic heterocycles. The molecule has 0 aliphatic carbocycles. The number of nitrogens with zero attached hydrogens (tertiary/aromatic N) is 2. The molecular formula is C18H13Cl2N3O2S. The molecular weight excluding hydrogens is 393 g/mol. The average molecular weight is 406 g/mol. The summed E-state index contributed by atoms with van der Waals surface area (Å²) in [6.07, 6.45) is 0. The number of carbonyl (C=O) groups excluding carboxylic acids is 2. The summed E-state index contributed by atoms with van der Waals surface area (Å²) in [5.41, 5.74) is 1.35. The number of benzene rings is 2. The predicted molar refractivity (Wildman–Crippen MR) is 104 cm³/mol. The Bertz CT molecular complexity index is 896. The van der Waals surface area contributed by atoms with Crippen LogP contribution in [0.1, 0.15) is 15.9 Å². The van der Waals surface area contributed by atoms with Crippen molar-refractivity contribution in [2.24, 2.45) is 0 Å². The summed E-state index contributed by atoms with van der Waals surface area (Å²) >= 11 is 13.6. The Morgan fingerprint density at radius 1 is 1.19 bits per heavy atom. The van der Waals surface area contributed by atoms with Gasteiger partial charge in [-0.15, -0.1) is 11.8 Å². The number of hydrogen-bond donors (Lipinski definition) is 1. The van der Waals surface area contributed by atoms with Crippen LogP contribution in [-0.2, 0) is 4.79 Å². The maximum absolute atomic E-state index is 12.8. The highest BCUT2D eigenvalue weighted by atomic mass is 35.5. The zero-order valence-electron chi connectivity index (χ0n) is 13.4. The molecule has 1 atom stereocenters. The van der Waals surface area contributed by atoms with Crippen molar-refractivity contribution in [3.05, 3.63) is 63.6 Å². The highest BCUT2D eigenvalue weighted by Crippen LogP contribution is 2.28. The lowest BCUT2D eigenvalue weighted by atomic mass is 10.1. The Morgan fingerprint density at radius 2 is 1.92 bits per heavy atom. The minimum atomic E-state index is -0.613. The topological polar surface area (TPSA) is 73.2 Å². The lowest BCUT2D eigenvalue weighted by molar-refractivity contribution is -0.119. The van der Waals surface area contributed by atoms with Gasteiger partial charge in [0.1, 0.15) is 6.04 Å². The quantitative estimate of drug-likeness (QED) is 0.836. The van der Waals surface area contributed by atoms with Gasteiger partial charge in [-0.1, -0.05) is 23.2 Å². The zero-order chi connectivity index (χ0) is 18.7. The van der Waals surface area contributed by atoms with E-state index in [2.05, 4.69) is 5.32 Å². The molecule has 2 amide bonds. The summed E-state index contributed by atoms with van der Waals surface area (Å²) in [6.45, 7) is 0. The standard InChI is InChI=1S/C18H13Cl2N3O2S/c19-12-3-6-15(20)14(7-12)18(25)23-10-26-9-16(23)17(24)22-13-4-1-11(8-21)2-5-13/h1-7,16H,9-10H2,(H,22,24). The normalized spacial score (nSPS) is 16.2. The van der Waals surface area contributed by atoms with Gasteiger partial charge < -0.3 is 10.2 Å². The fourth-order valence-electron chi connectivity index (χ4n) is 2.53. The van der Waals surface area contributed by atoms with Crippen LogP contribution in [0.15, 0.2) is 42.5 Å². The Morgan fingerprint density at radius 3 is 2.62 bits per heavy atom. The van der Waals surface area contributed by atoms with Crippen LogP contribution in [0.4, 0.5) is 5.69 Å². The Balaban J connectivity index is 1.76. The number of rotatable bonds is 3. The van der Waals surface area contributed by atoms with Crippen LogP contribution in [0.25, 0.3) is 0 Å². The van der Waals surface area contributed by atoms with Gasteiger partial charge in [0.05, 0.1) is 28.1 Å². The first kappa shape index (κ1) is 18.6. The van der Waals surface area contributed by atoms with E-state index in [1.807, 2.05) is 6.07 Å². The molecule has 0 saturated carbocycles. The van der Waals surface area contributed by atoms with E-state index >= 15 is 0 Å². The Hall–Kier alpha value is -2.20. The summed E-state index contributed by atoms with van der Waals surface area (Å²) in [7, 11) is 0. The molecule has 1 unspecified atom stereocenters. The summed E-state index contributed by atoms with van der Waals surface area (Å²) in [5.74, 6) is 0.271. The molecule has 0 bridgehead atoms. The molecule has 3 rings (SSSR count). The van der Waals surface area contributed by atoms with Gasteiger partial charge in [0, 0.05) is 16.5 Å². The number of carbonyl (C=O) groups is 2. The second kappa shape index (κ2) is 8.00. The van der Waals surface area contributed by atoms with Crippen molar-refractivity contribution in [3.63, 3.8) is 0 Å². The number of nitriles is 1. The number of amides is 2. The molecule has 0 radical (unpaired) electrons. The number of hydrogen-bond acceptors (Lipinski definition) is 4. The molecule has 8 heteroatoms. The van der Waals surface area contributed by atoms with Crippen LogP contribution in [-0.4, -0.2) is 34.4 Å². The smallest absolute Gasteiger partial charge is 0.256 e. The average Bonchev–Trinajstić information content (AvgIpc) is 3.13. The SMILES string of the molecule is N#Cc1ccc(NC(=O)C2CSCN2C(=O)c2cc(Cl)ccc2Cl)cc1. The molecule has 1 saturated heterocycles. The summed E-state index contributed by atoms with van der Waals surface area (Å²) in [4.78, 5) is 26.9. The maximum Gasteiger partial charge on any atom is 0.256 e. The van der Waals surface area contributed by atoms with Gasteiger partial charge in [0.25, 0.3) is 5.91 Å². The maximum atomic E-state index is 12.8. The van der Waals surface area contributed by atoms with E-state index in [1.54, 1.807) is 36.4 Å². The van der Waals surface area contributed by atoms with Crippen molar-refractivity contribution in [3.8, 4) is 6.07 Å². The third-order valence-electron chi connectivity index (χ3n) is 3.89. The summed E-state index contributed by atoms with van der Waals surface area (Å²) in [5, 5.41) is 12.3. The number of halogens is 2. The lowest BCUT2D eigenvalue weighted by Crippen LogP contribution is -2.44. The Kier molecular flexibility index (Phi) is 5.72. The van der Waals surface area contributed by atoms with Gasteiger partial charge in [0.15, 0.2) is 0 Å². The molecule has 1 aliphatic rings. The van der Waals surface area contributed by atoms with Crippen LogP contribution >= 0.6 is 35.0 Å². The fraction of sp³-hybridized carbons (Fsp3) is 0.167. The minimum absolute atomic E-state index is 0.276. The molecule has 1 fully saturated rings. The molecule has 26 heavy (non-hydrogen) atoms. The lowest BCUT2D eigenvalue weighted by Gasteiger charge is -2.23. The first-order valence-corrected chi connectivity index (χ1v) is 9.55. The van der Waals surface area contributed by atoms with E-state index in [0.717, 1.165) is 0 Å². The third-order valence-corrected chi connectivity index (χ3v) is 5.46. The predicted octanol–water partition coefficient (Wildman–Crippen LogP) is 4.02. The van der Waals surface area contributed by atoms with Crippen molar-refractivity contribution < 1.29 is 9.59 Å². The van der Waals surface area contributed by atoms with Gasteiger partial charge in [-0.2, -0.15) is 5.26 Å². The molecule has 132 valence electrons. The fourth-order valence-corrected chi connectivity index (χ4v) is 4.05. The zero-order valence-corrected chi connectivity index (χ0v) is 15.7.